The molecule has 1 aromatic rings. The van der Waals surface area contributed by atoms with E-state index in [4.69, 9.17) is 5.11 Å². The summed E-state index contributed by atoms with van der Waals surface area (Å²) in [6, 6.07) is 4.84. The molecule has 1 N–H and O–H groups in total. The highest BCUT2D eigenvalue weighted by Gasteiger charge is 2.11. The molecule has 1 aromatic carbocycles. The van der Waals surface area contributed by atoms with Gasteiger partial charge in [0.1, 0.15) is 5.75 Å². The average molecular weight is 160 g/mol. The van der Waals surface area contributed by atoms with E-state index in [1.807, 2.05) is 6.08 Å². The summed E-state index contributed by atoms with van der Waals surface area (Å²) < 4.78 is 0. The van der Waals surface area contributed by atoms with E-state index in [0.717, 1.165) is 12.0 Å². The van der Waals surface area contributed by atoms with Crippen molar-refractivity contribution in [2.75, 3.05) is 0 Å². The second kappa shape index (κ2) is 2.48. The van der Waals surface area contributed by atoms with Crippen LogP contribution in [0.15, 0.2) is 30.4 Å². The van der Waals surface area contributed by atoms with E-state index in [1.54, 1.807) is 18.2 Å². The maximum Gasteiger partial charge on any atom is 0.185 e. The minimum absolute atomic E-state index is 0.0243. The Morgan fingerprint density at radius 2 is 2.17 bits per heavy atom. The molecule has 2 rings (SSSR count). The van der Waals surface area contributed by atoms with E-state index in [-0.39, 0.29) is 11.5 Å². The van der Waals surface area contributed by atoms with Gasteiger partial charge in [-0.2, -0.15) is 0 Å². The van der Waals surface area contributed by atoms with Gasteiger partial charge in [0, 0.05) is 5.56 Å². The van der Waals surface area contributed by atoms with Crippen LogP contribution >= 0.6 is 0 Å². The summed E-state index contributed by atoms with van der Waals surface area (Å²) in [5.41, 5.74) is 1.61. The van der Waals surface area contributed by atoms with E-state index in [2.05, 4.69) is 0 Å². The normalized spacial score (nSPS) is 14.5. The number of rotatable bonds is 0. The third-order valence-corrected chi connectivity index (χ3v) is 1.96. The summed E-state index contributed by atoms with van der Waals surface area (Å²) in [7, 11) is 0. The molecule has 0 atom stereocenters. The number of aromatic hydroxyl groups is 1. The number of phenols is 1. The van der Waals surface area contributed by atoms with Crippen LogP contribution in [0.1, 0.15) is 15.9 Å². The molecule has 0 aliphatic heterocycles. The van der Waals surface area contributed by atoms with Gasteiger partial charge in [-0.15, -0.1) is 0 Å². The number of carbonyl (C=O) groups is 1. The van der Waals surface area contributed by atoms with Gasteiger partial charge in [-0.3, -0.25) is 4.79 Å². The first kappa shape index (κ1) is 7.10. The second-order valence-corrected chi connectivity index (χ2v) is 2.81. The molecule has 1 aliphatic carbocycles. The minimum Gasteiger partial charge on any atom is -0.508 e. The molecule has 12 heavy (non-hydrogen) atoms. The van der Waals surface area contributed by atoms with Gasteiger partial charge in [-0.1, -0.05) is 6.08 Å². The van der Waals surface area contributed by atoms with Crippen molar-refractivity contribution in [1.82, 2.24) is 0 Å². The fourth-order valence-electron chi connectivity index (χ4n) is 1.37. The molecule has 2 heteroatoms. The predicted molar refractivity (Wildman–Crippen MR) is 45.3 cm³/mol. The molecule has 0 spiro atoms. The topological polar surface area (TPSA) is 37.3 Å². The van der Waals surface area contributed by atoms with E-state index in [9.17, 15) is 4.79 Å². The Morgan fingerprint density at radius 1 is 1.33 bits per heavy atom. The van der Waals surface area contributed by atoms with Crippen LogP contribution in [0, 0.1) is 0 Å². The van der Waals surface area contributed by atoms with Crippen LogP contribution in [0.25, 0.3) is 0 Å². The zero-order chi connectivity index (χ0) is 8.55. The van der Waals surface area contributed by atoms with E-state index < -0.39 is 0 Å². The molecular weight excluding hydrogens is 152 g/mol. The van der Waals surface area contributed by atoms with Gasteiger partial charge < -0.3 is 5.11 Å². The van der Waals surface area contributed by atoms with Crippen molar-refractivity contribution in [3.05, 3.63) is 41.5 Å². The molecule has 0 amide bonds. The quantitative estimate of drug-likeness (QED) is 0.627. The summed E-state index contributed by atoms with van der Waals surface area (Å²) in [6.07, 6.45) is 4.11. The highest BCUT2D eigenvalue weighted by molar-refractivity contribution is 6.06. The van der Waals surface area contributed by atoms with Gasteiger partial charge in [-0.05, 0) is 36.3 Å². The Balaban J connectivity index is 2.58. The number of carbonyl (C=O) groups excluding carboxylic acids is 1. The Bertz CT molecular complexity index is 364. The van der Waals surface area contributed by atoms with Crippen LogP contribution in [-0.2, 0) is 6.42 Å². The first-order valence-electron chi connectivity index (χ1n) is 3.80. The summed E-state index contributed by atoms with van der Waals surface area (Å²) in [6.45, 7) is 0. The summed E-state index contributed by atoms with van der Waals surface area (Å²) in [5.74, 6) is 0.244. The molecule has 60 valence electrons. The molecule has 0 aromatic heterocycles. The summed E-state index contributed by atoms with van der Waals surface area (Å²) in [5, 5.41) is 9.14. The average Bonchev–Trinajstić information content (AvgIpc) is 2.04. The standard InChI is InChI=1S/C10H8O2/c11-8-4-5-9-7(6-8)2-1-3-10(9)12/h1,3-6,11H,2H2. The fraction of sp³-hybridized carbons (Fsp3) is 0.100. The van der Waals surface area contributed by atoms with Gasteiger partial charge in [0.15, 0.2) is 5.78 Å². The molecule has 0 unspecified atom stereocenters. The van der Waals surface area contributed by atoms with Crippen LogP contribution in [0.4, 0.5) is 0 Å². The van der Waals surface area contributed by atoms with Crippen molar-refractivity contribution in [2.24, 2.45) is 0 Å². The van der Waals surface area contributed by atoms with Crippen molar-refractivity contribution < 1.29 is 9.90 Å². The Labute approximate surface area is 70.2 Å². The van der Waals surface area contributed by atoms with E-state index in [0.29, 0.717) is 5.56 Å². The number of hydrogen-bond donors (Lipinski definition) is 1. The number of hydrogen-bond acceptors (Lipinski definition) is 2. The van der Waals surface area contributed by atoms with Crippen molar-refractivity contribution in [1.29, 1.82) is 0 Å². The lowest BCUT2D eigenvalue weighted by atomic mass is 9.96. The van der Waals surface area contributed by atoms with Gasteiger partial charge >= 0.3 is 0 Å². The van der Waals surface area contributed by atoms with E-state index in [1.165, 1.54) is 6.07 Å². The molecule has 0 fully saturated rings. The Hall–Kier alpha value is -1.57. The van der Waals surface area contributed by atoms with Crippen LogP contribution in [0.5, 0.6) is 5.75 Å². The summed E-state index contributed by atoms with van der Waals surface area (Å²) in [4.78, 5) is 11.2. The molecule has 0 bridgehead atoms. The smallest absolute Gasteiger partial charge is 0.185 e. The van der Waals surface area contributed by atoms with Gasteiger partial charge in [0.25, 0.3) is 0 Å². The second-order valence-electron chi connectivity index (χ2n) is 2.81. The van der Waals surface area contributed by atoms with Crippen LogP contribution < -0.4 is 0 Å². The Morgan fingerprint density at radius 3 is 3.00 bits per heavy atom. The lowest BCUT2D eigenvalue weighted by molar-refractivity contribution is 0.104. The fourth-order valence-corrected chi connectivity index (χ4v) is 1.37. The van der Waals surface area contributed by atoms with Crippen molar-refractivity contribution in [3.8, 4) is 5.75 Å². The number of benzene rings is 1. The Kier molecular flexibility index (Phi) is 1.47. The number of allylic oxidation sites excluding steroid dienone is 2. The third kappa shape index (κ3) is 1.01. The number of phenolic OH excluding ortho intramolecular Hbond substituents is 1. The van der Waals surface area contributed by atoms with Gasteiger partial charge in [-0.25, -0.2) is 0 Å². The zero-order valence-electron chi connectivity index (χ0n) is 6.45. The van der Waals surface area contributed by atoms with Crippen LogP contribution in [0.3, 0.4) is 0 Å². The van der Waals surface area contributed by atoms with E-state index >= 15 is 0 Å². The highest BCUT2D eigenvalue weighted by atomic mass is 16.3. The van der Waals surface area contributed by atoms with Crippen LogP contribution in [0.2, 0.25) is 0 Å². The highest BCUT2D eigenvalue weighted by Crippen LogP contribution is 2.21. The lowest BCUT2D eigenvalue weighted by Crippen LogP contribution is -2.04. The molecule has 1 aliphatic rings. The van der Waals surface area contributed by atoms with Crippen molar-refractivity contribution in [3.63, 3.8) is 0 Å². The maximum atomic E-state index is 11.2. The van der Waals surface area contributed by atoms with Crippen molar-refractivity contribution >= 4 is 5.78 Å². The number of ketones is 1. The minimum atomic E-state index is 0.0243. The monoisotopic (exact) mass is 160 g/mol. The molecule has 0 radical (unpaired) electrons. The molecule has 2 nitrogen and oxygen atoms in total. The molecule has 0 saturated carbocycles. The molecule has 0 heterocycles. The third-order valence-electron chi connectivity index (χ3n) is 1.96. The SMILES string of the molecule is O=C1C=CCc2cc(O)ccc21. The van der Waals surface area contributed by atoms with Gasteiger partial charge in [0.2, 0.25) is 0 Å². The van der Waals surface area contributed by atoms with Crippen LogP contribution in [-0.4, -0.2) is 10.9 Å². The van der Waals surface area contributed by atoms with Gasteiger partial charge in [0.05, 0.1) is 0 Å². The number of fused-ring (bicyclic) bond motifs is 1. The molecule has 0 saturated heterocycles. The zero-order valence-corrected chi connectivity index (χ0v) is 6.45. The first-order chi connectivity index (χ1) is 5.77. The molecular formula is C10H8O2. The summed E-state index contributed by atoms with van der Waals surface area (Å²) >= 11 is 0. The maximum absolute atomic E-state index is 11.2. The largest absolute Gasteiger partial charge is 0.508 e. The van der Waals surface area contributed by atoms with Crippen molar-refractivity contribution in [2.45, 2.75) is 6.42 Å². The first-order valence-corrected chi connectivity index (χ1v) is 3.80. The lowest BCUT2D eigenvalue weighted by Gasteiger charge is -2.08. The predicted octanol–water partition coefficient (Wildman–Crippen LogP) is 1.69.